The molecular weight excluding hydrogens is 325 g/mol. The number of halogens is 3. The first-order valence-corrected chi connectivity index (χ1v) is 7.08. The normalized spacial score (nSPS) is 10.8. The quantitative estimate of drug-likeness (QED) is 0.862. The highest BCUT2D eigenvalue weighted by atomic mass is 79.9. The molecule has 0 bridgehead atoms. The molecule has 0 aliphatic carbocycles. The molecule has 0 saturated carbocycles. The standard InChI is InChI=1S/C12H10BrClFNS/c13-9-4-10(17-7-9)6-16-5-8-2-1-3-11(15)12(8)14/h1-4,7,16H,5-6H2. The molecule has 1 heterocycles. The molecule has 1 aromatic carbocycles. The van der Waals surface area contributed by atoms with Crippen LogP contribution < -0.4 is 5.32 Å². The summed E-state index contributed by atoms with van der Waals surface area (Å²) in [5, 5.41) is 5.47. The predicted octanol–water partition coefficient (Wildman–Crippen LogP) is 4.59. The van der Waals surface area contributed by atoms with Crippen molar-refractivity contribution in [1.82, 2.24) is 5.32 Å². The van der Waals surface area contributed by atoms with Gasteiger partial charge in [-0.2, -0.15) is 0 Å². The fourth-order valence-corrected chi connectivity index (χ4v) is 3.07. The van der Waals surface area contributed by atoms with Crippen molar-refractivity contribution in [2.45, 2.75) is 13.1 Å². The highest BCUT2D eigenvalue weighted by Gasteiger charge is 2.05. The molecule has 2 aromatic rings. The van der Waals surface area contributed by atoms with E-state index in [4.69, 9.17) is 11.6 Å². The Bertz CT molecular complexity index is 515. The molecule has 1 aromatic heterocycles. The summed E-state index contributed by atoms with van der Waals surface area (Å²) in [5.74, 6) is -0.371. The highest BCUT2D eigenvalue weighted by molar-refractivity contribution is 9.10. The minimum Gasteiger partial charge on any atom is -0.308 e. The summed E-state index contributed by atoms with van der Waals surface area (Å²) in [6, 6.07) is 6.91. The molecule has 0 spiro atoms. The van der Waals surface area contributed by atoms with Crippen molar-refractivity contribution in [3.8, 4) is 0 Å². The van der Waals surface area contributed by atoms with Crippen LogP contribution >= 0.6 is 38.9 Å². The topological polar surface area (TPSA) is 12.0 Å². The van der Waals surface area contributed by atoms with Crippen LogP contribution in [0.1, 0.15) is 10.4 Å². The van der Waals surface area contributed by atoms with E-state index in [1.54, 1.807) is 17.4 Å². The van der Waals surface area contributed by atoms with Crippen LogP contribution in [0.25, 0.3) is 0 Å². The van der Waals surface area contributed by atoms with Gasteiger partial charge in [0.15, 0.2) is 0 Å². The van der Waals surface area contributed by atoms with E-state index in [1.807, 2.05) is 11.4 Å². The van der Waals surface area contributed by atoms with Crippen LogP contribution in [0.3, 0.4) is 0 Å². The van der Waals surface area contributed by atoms with E-state index in [1.165, 1.54) is 10.9 Å². The molecule has 17 heavy (non-hydrogen) atoms. The van der Waals surface area contributed by atoms with Gasteiger partial charge in [0, 0.05) is 27.8 Å². The fourth-order valence-electron chi connectivity index (χ4n) is 1.45. The average molecular weight is 335 g/mol. The Kier molecular flexibility index (Phi) is 4.56. The zero-order valence-corrected chi connectivity index (χ0v) is 12.0. The minimum absolute atomic E-state index is 0.201. The van der Waals surface area contributed by atoms with Gasteiger partial charge in [-0.3, -0.25) is 0 Å². The molecule has 0 fully saturated rings. The van der Waals surface area contributed by atoms with Gasteiger partial charge in [-0.1, -0.05) is 23.7 Å². The van der Waals surface area contributed by atoms with Crippen LogP contribution in [0.5, 0.6) is 0 Å². The summed E-state index contributed by atoms with van der Waals surface area (Å²) in [6.07, 6.45) is 0. The van der Waals surface area contributed by atoms with Gasteiger partial charge in [-0.15, -0.1) is 11.3 Å². The van der Waals surface area contributed by atoms with Gasteiger partial charge in [0.2, 0.25) is 0 Å². The molecule has 1 nitrogen and oxygen atoms in total. The summed E-state index contributed by atoms with van der Waals surface area (Å²) in [7, 11) is 0. The summed E-state index contributed by atoms with van der Waals surface area (Å²) in [4.78, 5) is 1.23. The number of nitrogens with one attached hydrogen (secondary N) is 1. The van der Waals surface area contributed by atoms with Crippen LogP contribution in [0.4, 0.5) is 4.39 Å². The third-order valence-corrected chi connectivity index (χ3v) is 4.39. The van der Waals surface area contributed by atoms with Gasteiger partial charge >= 0.3 is 0 Å². The van der Waals surface area contributed by atoms with Crippen molar-refractivity contribution in [3.63, 3.8) is 0 Å². The summed E-state index contributed by atoms with van der Waals surface area (Å²) >= 11 is 10.9. The van der Waals surface area contributed by atoms with E-state index >= 15 is 0 Å². The van der Waals surface area contributed by atoms with Gasteiger partial charge in [0.05, 0.1) is 5.02 Å². The second-order valence-electron chi connectivity index (χ2n) is 3.55. The van der Waals surface area contributed by atoms with Gasteiger partial charge in [-0.25, -0.2) is 4.39 Å². The largest absolute Gasteiger partial charge is 0.308 e. The number of hydrogen-bond acceptors (Lipinski definition) is 2. The van der Waals surface area contributed by atoms with Crippen molar-refractivity contribution >= 4 is 38.9 Å². The van der Waals surface area contributed by atoms with Gasteiger partial charge in [0.25, 0.3) is 0 Å². The lowest BCUT2D eigenvalue weighted by molar-refractivity contribution is 0.621. The first kappa shape index (κ1) is 13.0. The molecule has 0 atom stereocenters. The molecule has 5 heteroatoms. The number of benzene rings is 1. The Balaban J connectivity index is 1.92. The monoisotopic (exact) mass is 333 g/mol. The summed E-state index contributed by atoms with van der Waals surface area (Å²) < 4.78 is 14.3. The first-order chi connectivity index (χ1) is 8.16. The fraction of sp³-hybridized carbons (Fsp3) is 0.167. The maximum atomic E-state index is 13.2. The number of rotatable bonds is 4. The lowest BCUT2D eigenvalue weighted by Gasteiger charge is -2.06. The highest BCUT2D eigenvalue weighted by Crippen LogP contribution is 2.21. The van der Waals surface area contributed by atoms with Crippen LogP contribution in [-0.2, 0) is 13.1 Å². The maximum absolute atomic E-state index is 13.2. The van der Waals surface area contributed by atoms with Crippen molar-refractivity contribution < 1.29 is 4.39 Å². The van der Waals surface area contributed by atoms with E-state index in [2.05, 4.69) is 27.3 Å². The number of hydrogen-bond donors (Lipinski definition) is 1. The molecule has 1 N–H and O–H groups in total. The Labute approximate surface area is 117 Å². The Hall–Kier alpha value is -0.420. The predicted molar refractivity (Wildman–Crippen MR) is 74.0 cm³/mol. The van der Waals surface area contributed by atoms with E-state index in [-0.39, 0.29) is 10.8 Å². The minimum atomic E-state index is -0.371. The zero-order chi connectivity index (χ0) is 12.3. The maximum Gasteiger partial charge on any atom is 0.142 e. The van der Waals surface area contributed by atoms with E-state index in [0.29, 0.717) is 6.54 Å². The first-order valence-electron chi connectivity index (χ1n) is 5.03. The van der Waals surface area contributed by atoms with E-state index in [9.17, 15) is 4.39 Å². The van der Waals surface area contributed by atoms with Crippen LogP contribution in [-0.4, -0.2) is 0 Å². The average Bonchev–Trinajstić information content (AvgIpc) is 2.70. The zero-order valence-electron chi connectivity index (χ0n) is 8.84. The van der Waals surface area contributed by atoms with Crippen molar-refractivity contribution in [2.24, 2.45) is 0 Å². The molecular formula is C12H10BrClFNS. The summed E-state index contributed by atoms with van der Waals surface area (Å²) in [6.45, 7) is 1.31. The summed E-state index contributed by atoms with van der Waals surface area (Å²) in [5.41, 5.74) is 0.780. The van der Waals surface area contributed by atoms with Gasteiger partial charge < -0.3 is 5.32 Å². The smallest absolute Gasteiger partial charge is 0.142 e. The Morgan fingerprint density at radius 3 is 2.88 bits per heavy atom. The van der Waals surface area contributed by atoms with Crippen molar-refractivity contribution in [1.29, 1.82) is 0 Å². The lowest BCUT2D eigenvalue weighted by Crippen LogP contribution is -2.12. The SMILES string of the molecule is Fc1cccc(CNCc2cc(Br)cs2)c1Cl. The number of thiophene rings is 1. The van der Waals surface area contributed by atoms with Crippen LogP contribution in [0.2, 0.25) is 5.02 Å². The lowest BCUT2D eigenvalue weighted by atomic mass is 10.2. The Morgan fingerprint density at radius 2 is 2.18 bits per heavy atom. The van der Waals surface area contributed by atoms with E-state index < -0.39 is 0 Å². The Morgan fingerprint density at radius 1 is 1.35 bits per heavy atom. The third kappa shape index (κ3) is 3.52. The molecule has 0 unspecified atom stereocenters. The molecule has 2 rings (SSSR count). The molecule has 0 amide bonds. The second kappa shape index (κ2) is 5.96. The molecule has 0 aliphatic rings. The van der Waals surface area contributed by atoms with Crippen molar-refractivity contribution in [3.05, 3.63) is 55.4 Å². The molecule has 0 radical (unpaired) electrons. The van der Waals surface area contributed by atoms with Gasteiger partial charge in [0.1, 0.15) is 5.82 Å². The molecule has 90 valence electrons. The second-order valence-corrected chi connectivity index (χ2v) is 5.84. The third-order valence-electron chi connectivity index (χ3n) is 2.27. The van der Waals surface area contributed by atoms with Crippen LogP contribution in [0.15, 0.2) is 34.1 Å². The van der Waals surface area contributed by atoms with Crippen LogP contribution in [0, 0.1) is 5.82 Å². The van der Waals surface area contributed by atoms with Gasteiger partial charge in [-0.05, 0) is 33.6 Å². The molecule has 0 saturated heterocycles. The van der Waals surface area contributed by atoms with Crippen molar-refractivity contribution in [2.75, 3.05) is 0 Å². The van der Waals surface area contributed by atoms with E-state index in [0.717, 1.165) is 16.6 Å². The molecule has 0 aliphatic heterocycles.